The zero-order valence-corrected chi connectivity index (χ0v) is 12.2. The number of imidazole rings is 1. The first kappa shape index (κ1) is 14.6. The Kier molecular flexibility index (Phi) is 4.45. The van der Waals surface area contributed by atoms with E-state index in [1.165, 1.54) is 0 Å². The van der Waals surface area contributed by atoms with E-state index >= 15 is 0 Å². The summed E-state index contributed by atoms with van der Waals surface area (Å²) < 4.78 is 25.6. The third kappa shape index (κ3) is 2.53. The van der Waals surface area contributed by atoms with Crippen LogP contribution in [0.4, 0.5) is 0 Å². The van der Waals surface area contributed by atoms with Gasteiger partial charge in [-0.15, -0.1) is 0 Å². The lowest BCUT2D eigenvalue weighted by Gasteiger charge is -2.06. The minimum absolute atomic E-state index is 0.0693. The van der Waals surface area contributed by atoms with Crippen LogP contribution < -0.4 is 0 Å². The highest BCUT2D eigenvalue weighted by molar-refractivity contribution is 7.91. The molecule has 0 N–H and O–H groups in total. The van der Waals surface area contributed by atoms with Gasteiger partial charge in [0.2, 0.25) is 0 Å². The van der Waals surface area contributed by atoms with Crippen LogP contribution in [0.5, 0.6) is 0 Å². The van der Waals surface area contributed by atoms with Gasteiger partial charge in [0.15, 0.2) is 14.9 Å². The molecule has 6 heteroatoms. The number of aromatic nitrogens is 2. The first-order chi connectivity index (χ1) is 8.38. The van der Waals surface area contributed by atoms with Crippen LogP contribution in [0.25, 0.3) is 5.57 Å². The van der Waals surface area contributed by atoms with Gasteiger partial charge in [-0.05, 0) is 13.8 Å². The van der Waals surface area contributed by atoms with Crippen LogP contribution in [0.1, 0.15) is 25.4 Å². The summed E-state index contributed by atoms with van der Waals surface area (Å²) in [6, 6.07) is 0. The molecule has 5 nitrogen and oxygen atoms in total. The zero-order valence-electron chi connectivity index (χ0n) is 11.4. The quantitative estimate of drug-likeness (QED) is 0.780. The third-order valence-electron chi connectivity index (χ3n) is 2.72. The standard InChI is InChI=1S/C12H19N3O2S/c1-6-10(8-13-4)11-14-9(3)12(15(11)5)18(16,17)7-2/h6,8H,7H2,1-5H3/b10-6+,13-8?. The van der Waals surface area contributed by atoms with Crippen molar-refractivity contribution in [2.24, 2.45) is 12.0 Å². The molecule has 0 unspecified atom stereocenters. The first-order valence-electron chi connectivity index (χ1n) is 5.73. The molecule has 1 heterocycles. The smallest absolute Gasteiger partial charge is 0.195 e. The normalized spacial score (nSPS) is 13.5. The lowest BCUT2D eigenvalue weighted by molar-refractivity contribution is 0.585. The van der Waals surface area contributed by atoms with Crippen molar-refractivity contribution in [3.63, 3.8) is 0 Å². The summed E-state index contributed by atoms with van der Waals surface area (Å²) in [5, 5.41) is 0.281. The van der Waals surface area contributed by atoms with Crippen LogP contribution in [0.15, 0.2) is 16.1 Å². The molecule has 1 aromatic heterocycles. The molecular formula is C12H19N3O2S. The van der Waals surface area contributed by atoms with E-state index in [1.54, 1.807) is 38.7 Å². The number of hydrogen-bond acceptors (Lipinski definition) is 4. The second-order valence-electron chi connectivity index (χ2n) is 3.92. The molecule has 0 aliphatic rings. The molecule has 0 atom stereocenters. The van der Waals surface area contributed by atoms with E-state index in [-0.39, 0.29) is 10.8 Å². The van der Waals surface area contributed by atoms with Crippen molar-refractivity contribution in [3.8, 4) is 0 Å². The van der Waals surface area contributed by atoms with Gasteiger partial charge in [0.25, 0.3) is 0 Å². The van der Waals surface area contributed by atoms with E-state index < -0.39 is 9.84 Å². The van der Waals surface area contributed by atoms with Gasteiger partial charge < -0.3 is 4.57 Å². The van der Waals surface area contributed by atoms with E-state index in [0.717, 1.165) is 5.57 Å². The minimum Gasteiger partial charge on any atom is -0.318 e. The van der Waals surface area contributed by atoms with Crippen LogP contribution in [-0.2, 0) is 16.9 Å². The van der Waals surface area contributed by atoms with Crippen LogP contribution in [0.2, 0.25) is 0 Å². The predicted molar refractivity (Wildman–Crippen MR) is 73.7 cm³/mol. The SMILES string of the molecule is C/C=C(\C=NC)c1nc(C)c(S(=O)(=O)CC)n1C. The van der Waals surface area contributed by atoms with Crippen molar-refractivity contribution in [1.82, 2.24) is 9.55 Å². The van der Waals surface area contributed by atoms with Gasteiger partial charge in [-0.1, -0.05) is 13.0 Å². The van der Waals surface area contributed by atoms with Crippen LogP contribution in [-0.4, -0.2) is 37.0 Å². The Morgan fingerprint density at radius 2 is 2.11 bits per heavy atom. The van der Waals surface area contributed by atoms with Crippen LogP contribution >= 0.6 is 0 Å². The van der Waals surface area contributed by atoms with E-state index in [9.17, 15) is 8.42 Å². The number of hydrogen-bond donors (Lipinski definition) is 0. The first-order valence-corrected chi connectivity index (χ1v) is 7.39. The Morgan fingerprint density at radius 1 is 1.50 bits per heavy atom. The van der Waals surface area contributed by atoms with E-state index in [2.05, 4.69) is 9.98 Å². The van der Waals surface area contributed by atoms with Gasteiger partial charge in [-0.2, -0.15) is 0 Å². The van der Waals surface area contributed by atoms with Crippen molar-refractivity contribution < 1.29 is 8.42 Å². The van der Waals surface area contributed by atoms with Crippen molar-refractivity contribution in [3.05, 3.63) is 17.6 Å². The third-order valence-corrected chi connectivity index (χ3v) is 4.64. The molecule has 1 rings (SSSR count). The molecule has 0 aliphatic carbocycles. The van der Waals surface area contributed by atoms with E-state index in [0.29, 0.717) is 11.5 Å². The summed E-state index contributed by atoms with van der Waals surface area (Å²) in [5.74, 6) is 0.687. The summed E-state index contributed by atoms with van der Waals surface area (Å²) in [6.07, 6.45) is 3.53. The van der Waals surface area contributed by atoms with Crippen molar-refractivity contribution in [2.75, 3.05) is 12.8 Å². The molecule has 0 saturated heterocycles. The Morgan fingerprint density at radius 3 is 2.56 bits per heavy atom. The van der Waals surface area contributed by atoms with Gasteiger partial charge in [-0.3, -0.25) is 4.99 Å². The Bertz CT molecular complexity index is 595. The molecule has 100 valence electrons. The molecular weight excluding hydrogens is 250 g/mol. The second kappa shape index (κ2) is 5.48. The fraction of sp³-hybridized carbons (Fsp3) is 0.500. The number of nitrogens with zero attached hydrogens (tertiary/aromatic N) is 3. The number of aryl methyl sites for hydroxylation is 1. The Labute approximate surface area is 108 Å². The monoisotopic (exact) mass is 269 g/mol. The summed E-state index contributed by atoms with van der Waals surface area (Å²) in [5.41, 5.74) is 1.33. The summed E-state index contributed by atoms with van der Waals surface area (Å²) in [4.78, 5) is 8.29. The van der Waals surface area contributed by atoms with Gasteiger partial charge in [0.05, 0.1) is 11.4 Å². The lowest BCUT2D eigenvalue weighted by Crippen LogP contribution is -2.11. The maximum atomic E-state index is 12.0. The molecule has 0 bridgehead atoms. The lowest BCUT2D eigenvalue weighted by atomic mass is 10.2. The molecule has 1 aromatic rings. The number of allylic oxidation sites excluding steroid dienone is 2. The van der Waals surface area contributed by atoms with E-state index in [1.807, 2.05) is 13.0 Å². The Hall–Kier alpha value is -1.43. The van der Waals surface area contributed by atoms with Crippen molar-refractivity contribution >= 4 is 21.6 Å². The van der Waals surface area contributed by atoms with Gasteiger partial charge in [-0.25, -0.2) is 13.4 Å². The van der Waals surface area contributed by atoms with Gasteiger partial charge in [0.1, 0.15) is 5.82 Å². The number of aliphatic imine (C=N–C) groups is 1. The van der Waals surface area contributed by atoms with Crippen LogP contribution in [0, 0.1) is 6.92 Å². The van der Waals surface area contributed by atoms with Gasteiger partial charge in [0, 0.05) is 25.9 Å². The van der Waals surface area contributed by atoms with E-state index in [4.69, 9.17) is 0 Å². The largest absolute Gasteiger partial charge is 0.318 e. The highest BCUT2D eigenvalue weighted by Gasteiger charge is 2.23. The minimum atomic E-state index is -3.27. The summed E-state index contributed by atoms with van der Waals surface area (Å²) in [6.45, 7) is 5.21. The molecule has 18 heavy (non-hydrogen) atoms. The molecule has 0 aromatic carbocycles. The molecule has 0 aliphatic heterocycles. The number of sulfone groups is 1. The van der Waals surface area contributed by atoms with Crippen molar-refractivity contribution in [1.29, 1.82) is 0 Å². The number of rotatable bonds is 4. The highest BCUT2D eigenvalue weighted by atomic mass is 32.2. The van der Waals surface area contributed by atoms with Crippen molar-refractivity contribution in [2.45, 2.75) is 25.8 Å². The fourth-order valence-corrected chi connectivity index (χ4v) is 3.12. The fourth-order valence-electron chi connectivity index (χ4n) is 1.85. The molecule has 0 spiro atoms. The Balaban J connectivity index is 3.51. The molecule has 0 radical (unpaired) electrons. The molecule has 0 amide bonds. The predicted octanol–water partition coefficient (Wildman–Crippen LogP) is 1.63. The highest BCUT2D eigenvalue weighted by Crippen LogP contribution is 2.21. The molecule has 0 fully saturated rings. The van der Waals surface area contributed by atoms with Crippen LogP contribution in [0.3, 0.4) is 0 Å². The topological polar surface area (TPSA) is 64.3 Å². The van der Waals surface area contributed by atoms with Gasteiger partial charge >= 0.3 is 0 Å². The second-order valence-corrected chi connectivity index (χ2v) is 6.11. The zero-order chi connectivity index (χ0) is 13.9. The summed E-state index contributed by atoms with van der Waals surface area (Å²) in [7, 11) is 0.116. The maximum absolute atomic E-state index is 12.0. The average Bonchev–Trinajstić information content (AvgIpc) is 2.62. The summed E-state index contributed by atoms with van der Waals surface area (Å²) >= 11 is 0. The average molecular weight is 269 g/mol. The maximum Gasteiger partial charge on any atom is 0.195 e. The molecule has 0 saturated carbocycles.